The number of aromatic nitrogens is 2. The van der Waals surface area contributed by atoms with E-state index in [1.54, 1.807) is 20.8 Å². The van der Waals surface area contributed by atoms with Crippen LogP contribution < -0.4 is 14.8 Å². The molecule has 0 saturated carbocycles. The van der Waals surface area contributed by atoms with Gasteiger partial charge in [0, 0.05) is 5.41 Å². The van der Waals surface area contributed by atoms with Crippen molar-refractivity contribution in [3.63, 3.8) is 0 Å². The van der Waals surface area contributed by atoms with Gasteiger partial charge in [0.2, 0.25) is 10.0 Å². The minimum Gasteiger partial charge on any atom is -0.491 e. The second-order valence-electron chi connectivity index (χ2n) is 13.0. The number of nitrogens with one attached hydrogen (secondary N) is 2. The van der Waals surface area contributed by atoms with Crippen molar-refractivity contribution in [1.82, 2.24) is 14.3 Å². The number of nitrogens with zero attached hydrogens (tertiary/aromatic N) is 2. The zero-order valence-corrected chi connectivity index (χ0v) is 30.0. The lowest BCUT2D eigenvalue weighted by atomic mass is 9.86. The van der Waals surface area contributed by atoms with Crippen LogP contribution in [0, 0.1) is 5.41 Å². The number of hydrogen-bond donors (Lipinski definition) is 2. The molecule has 1 heterocycles. The van der Waals surface area contributed by atoms with E-state index >= 15 is 0 Å². The molecule has 11 nitrogen and oxygen atoms in total. The number of amides is 1. The number of anilines is 1. The number of methoxy groups -OCH3 is 1. The third kappa shape index (κ3) is 13.1. The molecule has 0 aliphatic heterocycles. The first-order valence-corrected chi connectivity index (χ1v) is 18.5. The highest BCUT2D eigenvalue weighted by atomic mass is 32.2. The Balaban J connectivity index is 2.05. The molecule has 0 spiro atoms. The second kappa shape index (κ2) is 20.2. The van der Waals surface area contributed by atoms with Gasteiger partial charge in [0.05, 0.1) is 36.8 Å². The van der Waals surface area contributed by atoms with Gasteiger partial charge >= 0.3 is 5.97 Å². The van der Waals surface area contributed by atoms with Crippen molar-refractivity contribution in [2.24, 2.45) is 5.41 Å². The normalized spacial score (nSPS) is 12.5. The van der Waals surface area contributed by atoms with E-state index in [0.29, 0.717) is 6.61 Å². The summed E-state index contributed by atoms with van der Waals surface area (Å²) in [5, 5.41) is 2.70. The van der Waals surface area contributed by atoms with Crippen LogP contribution in [0.4, 0.5) is 5.69 Å². The van der Waals surface area contributed by atoms with Crippen molar-refractivity contribution < 1.29 is 32.3 Å². The predicted octanol–water partition coefficient (Wildman–Crippen LogP) is 7.23. The molecule has 0 radical (unpaired) electrons. The summed E-state index contributed by atoms with van der Waals surface area (Å²) in [4.78, 5) is 43.6. The van der Waals surface area contributed by atoms with Crippen molar-refractivity contribution in [1.29, 1.82) is 0 Å². The standard InChI is InChI=1S/C35H56N4O7S/c1-7-8-9-10-11-12-13-14-15-16-17-18-19-20-23-46-30-22-21-27(47(43,44)36-5)24-28(30)38-33(41)31(32(40)35(2,3)4)39-26-37-25-29(39)34(42)45-6/h21-22,24-26,31,36H,7-20,23H2,1-6H3,(H,38,41). The van der Waals surface area contributed by atoms with Gasteiger partial charge in [-0.3, -0.25) is 9.59 Å². The number of Topliss-reactive ketones (excluding diaryl/α,β-unsaturated/α-hetero) is 1. The highest BCUT2D eigenvalue weighted by Crippen LogP contribution is 2.31. The number of esters is 1. The summed E-state index contributed by atoms with van der Waals surface area (Å²) >= 11 is 0. The van der Waals surface area contributed by atoms with E-state index in [9.17, 15) is 22.8 Å². The van der Waals surface area contributed by atoms with Crippen molar-refractivity contribution in [3.8, 4) is 5.75 Å². The smallest absolute Gasteiger partial charge is 0.356 e. The zero-order valence-electron chi connectivity index (χ0n) is 29.2. The summed E-state index contributed by atoms with van der Waals surface area (Å²) in [6, 6.07) is 2.68. The minimum atomic E-state index is -3.85. The van der Waals surface area contributed by atoms with Gasteiger partial charge in [-0.1, -0.05) is 111 Å². The first kappa shape index (κ1) is 39.9. The van der Waals surface area contributed by atoms with Crippen LogP contribution in [0.25, 0.3) is 0 Å². The van der Waals surface area contributed by atoms with Crippen molar-refractivity contribution in [3.05, 3.63) is 36.4 Å². The number of carbonyl (C=O) groups excluding carboxylic acids is 3. The fraction of sp³-hybridized carbons (Fsp3) is 0.657. The molecule has 1 unspecified atom stereocenters. The average Bonchev–Trinajstić information content (AvgIpc) is 3.52. The molecule has 1 atom stereocenters. The molecule has 0 aliphatic rings. The Morgan fingerprint density at radius 1 is 0.894 bits per heavy atom. The molecule has 0 bridgehead atoms. The molecule has 1 amide bonds. The zero-order chi connectivity index (χ0) is 34.9. The maximum absolute atomic E-state index is 13.8. The maximum atomic E-state index is 13.8. The lowest BCUT2D eigenvalue weighted by molar-refractivity contribution is -0.135. The SMILES string of the molecule is CCCCCCCCCCCCCCCCOc1ccc(S(=O)(=O)NC)cc1NC(=O)C(C(=O)C(C)(C)C)n1cncc1C(=O)OC. The molecule has 1 aromatic heterocycles. The molecule has 0 fully saturated rings. The number of rotatable bonds is 23. The molecule has 0 aliphatic carbocycles. The Labute approximate surface area is 281 Å². The number of imidazole rings is 1. The summed E-state index contributed by atoms with van der Waals surface area (Å²) in [5.74, 6) is -1.76. The lowest BCUT2D eigenvalue weighted by Crippen LogP contribution is -2.39. The van der Waals surface area contributed by atoms with Crippen LogP contribution in [0.3, 0.4) is 0 Å². The van der Waals surface area contributed by atoms with Crippen LogP contribution >= 0.6 is 0 Å². The van der Waals surface area contributed by atoms with E-state index in [1.807, 2.05) is 0 Å². The maximum Gasteiger partial charge on any atom is 0.356 e. The molecule has 2 aromatic rings. The van der Waals surface area contributed by atoms with Crippen LogP contribution in [0.1, 0.15) is 134 Å². The highest BCUT2D eigenvalue weighted by molar-refractivity contribution is 7.89. The van der Waals surface area contributed by atoms with Crippen molar-refractivity contribution >= 4 is 33.4 Å². The van der Waals surface area contributed by atoms with Gasteiger partial charge in [-0.15, -0.1) is 0 Å². The number of unbranched alkanes of at least 4 members (excludes halogenated alkanes) is 13. The third-order valence-electron chi connectivity index (χ3n) is 8.12. The molecule has 264 valence electrons. The highest BCUT2D eigenvalue weighted by Gasteiger charge is 2.38. The number of ether oxygens (including phenoxy) is 2. The van der Waals surface area contributed by atoms with Gasteiger partial charge in [0.1, 0.15) is 11.4 Å². The van der Waals surface area contributed by atoms with Gasteiger partial charge < -0.3 is 19.4 Å². The Morgan fingerprint density at radius 3 is 1.96 bits per heavy atom. The summed E-state index contributed by atoms with van der Waals surface area (Å²) in [5.41, 5.74) is -0.960. The van der Waals surface area contributed by atoms with E-state index in [4.69, 9.17) is 9.47 Å². The Morgan fingerprint density at radius 2 is 1.45 bits per heavy atom. The molecule has 2 rings (SSSR count). The summed E-state index contributed by atoms with van der Waals surface area (Å²) in [6.07, 6.45) is 19.7. The molecular weight excluding hydrogens is 620 g/mol. The summed E-state index contributed by atoms with van der Waals surface area (Å²) < 4.78 is 39.4. The number of benzene rings is 1. The number of hydrogen-bond acceptors (Lipinski definition) is 8. The Hall–Kier alpha value is -3.25. The third-order valence-corrected chi connectivity index (χ3v) is 9.53. The molecule has 0 saturated heterocycles. The average molecular weight is 677 g/mol. The van der Waals surface area contributed by atoms with Crippen LogP contribution in [0.15, 0.2) is 35.6 Å². The lowest BCUT2D eigenvalue weighted by Gasteiger charge is -2.26. The fourth-order valence-electron chi connectivity index (χ4n) is 5.25. The molecule has 12 heteroatoms. The van der Waals surface area contributed by atoms with Gasteiger partial charge in [-0.25, -0.2) is 22.9 Å². The quantitative estimate of drug-likeness (QED) is 0.0712. The summed E-state index contributed by atoms with van der Waals surface area (Å²) in [6.45, 7) is 7.60. The topological polar surface area (TPSA) is 146 Å². The molecule has 1 aromatic carbocycles. The van der Waals surface area contributed by atoms with Crippen LogP contribution in [0.2, 0.25) is 0 Å². The minimum absolute atomic E-state index is 0.0777. The number of ketones is 1. The van der Waals surface area contributed by atoms with Gasteiger partial charge in [0.25, 0.3) is 5.91 Å². The van der Waals surface area contributed by atoms with E-state index in [1.165, 1.54) is 116 Å². The Bertz CT molecular complexity index is 1380. The van der Waals surface area contributed by atoms with E-state index in [-0.39, 0.29) is 22.0 Å². The van der Waals surface area contributed by atoms with Crippen molar-refractivity contribution in [2.75, 3.05) is 26.1 Å². The van der Waals surface area contributed by atoms with E-state index in [0.717, 1.165) is 23.8 Å². The predicted molar refractivity (Wildman–Crippen MR) is 184 cm³/mol. The van der Waals surface area contributed by atoms with Crippen molar-refractivity contribution in [2.45, 2.75) is 129 Å². The molecule has 47 heavy (non-hydrogen) atoms. The Kier molecular flexibility index (Phi) is 17.2. The molecular formula is C35H56N4O7S. The monoisotopic (exact) mass is 676 g/mol. The second-order valence-corrected chi connectivity index (χ2v) is 14.9. The van der Waals surface area contributed by atoms with Gasteiger partial charge in [-0.2, -0.15) is 0 Å². The number of carbonyl (C=O) groups is 3. The van der Waals surface area contributed by atoms with E-state index in [2.05, 4.69) is 21.9 Å². The summed E-state index contributed by atoms with van der Waals surface area (Å²) in [7, 11) is -1.37. The fourth-order valence-corrected chi connectivity index (χ4v) is 6.01. The number of sulfonamides is 1. The first-order valence-electron chi connectivity index (χ1n) is 17.0. The van der Waals surface area contributed by atoms with Crippen LogP contribution in [-0.4, -0.2) is 56.4 Å². The first-order chi connectivity index (χ1) is 22.4. The van der Waals surface area contributed by atoms with Crippen LogP contribution in [0.5, 0.6) is 5.75 Å². The van der Waals surface area contributed by atoms with Gasteiger partial charge in [-0.05, 0) is 31.7 Å². The molecule has 2 N–H and O–H groups in total. The van der Waals surface area contributed by atoms with E-state index < -0.39 is 39.1 Å². The van der Waals surface area contributed by atoms with Crippen LogP contribution in [-0.2, 0) is 24.3 Å². The van der Waals surface area contributed by atoms with Gasteiger partial charge in [0.15, 0.2) is 11.8 Å². The largest absolute Gasteiger partial charge is 0.491 e.